The molecule has 0 spiro atoms. The van der Waals surface area contributed by atoms with Gasteiger partial charge in [-0.05, 0) is 43.1 Å². The molecule has 1 atom stereocenters. The Hall–Kier alpha value is -0.313. The molecule has 1 nitrogen and oxygen atoms in total. The van der Waals surface area contributed by atoms with E-state index >= 15 is 0 Å². The summed E-state index contributed by atoms with van der Waals surface area (Å²) in [5.41, 5.74) is 1.45. The van der Waals surface area contributed by atoms with Gasteiger partial charge in [-0.25, -0.2) is 0 Å². The third kappa shape index (κ3) is 3.57. The molecule has 1 saturated heterocycles. The van der Waals surface area contributed by atoms with Crippen LogP contribution in [0.25, 0.3) is 0 Å². The van der Waals surface area contributed by atoms with Crippen LogP contribution in [-0.4, -0.2) is 32.3 Å². The molecule has 0 aliphatic carbocycles. The van der Waals surface area contributed by atoms with Crippen molar-refractivity contribution in [2.75, 3.05) is 19.3 Å². The van der Waals surface area contributed by atoms with Gasteiger partial charge in [-0.15, -0.1) is 0 Å². The molecule has 0 aromatic heterocycles. The summed E-state index contributed by atoms with van der Waals surface area (Å²) in [5, 5.41) is 1.46. The molecule has 94 valence electrons. The summed E-state index contributed by atoms with van der Waals surface area (Å²) in [6.07, 6.45) is 6.35. The SMILES string of the molecule is CCc1ccccc1[SiH](Cl)CN1CCCCC1. The van der Waals surface area contributed by atoms with E-state index in [2.05, 4.69) is 36.1 Å². The third-order valence-corrected chi connectivity index (χ3v) is 6.84. The van der Waals surface area contributed by atoms with Crippen LogP contribution in [0.15, 0.2) is 24.3 Å². The number of piperidine rings is 1. The lowest BCUT2D eigenvalue weighted by atomic mass is 10.1. The van der Waals surface area contributed by atoms with Crippen LogP contribution in [0.4, 0.5) is 0 Å². The van der Waals surface area contributed by atoms with Crippen molar-refractivity contribution >= 4 is 24.4 Å². The molecule has 1 aromatic carbocycles. The average molecular weight is 268 g/mol. The fraction of sp³-hybridized carbons (Fsp3) is 0.571. The number of benzene rings is 1. The van der Waals surface area contributed by atoms with Crippen LogP contribution < -0.4 is 5.19 Å². The normalized spacial score (nSPS) is 19.2. The lowest BCUT2D eigenvalue weighted by Crippen LogP contribution is -2.42. The highest BCUT2D eigenvalue weighted by Gasteiger charge is 2.19. The molecular weight excluding hydrogens is 246 g/mol. The molecule has 1 heterocycles. The van der Waals surface area contributed by atoms with Crippen LogP contribution in [0, 0.1) is 0 Å². The maximum absolute atomic E-state index is 6.72. The number of nitrogens with zero attached hydrogens (tertiary/aromatic N) is 1. The number of likely N-dealkylation sites (tertiary alicyclic amines) is 1. The van der Waals surface area contributed by atoms with Crippen molar-refractivity contribution < 1.29 is 0 Å². The van der Waals surface area contributed by atoms with Gasteiger partial charge < -0.3 is 4.90 Å². The predicted octanol–water partition coefficient (Wildman–Crippen LogP) is 2.44. The first-order valence-corrected chi connectivity index (χ1v) is 9.89. The van der Waals surface area contributed by atoms with Crippen LogP contribution in [0.5, 0.6) is 0 Å². The molecule has 0 bridgehead atoms. The lowest BCUT2D eigenvalue weighted by Gasteiger charge is -2.28. The number of aryl methyl sites for hydroxylation is 1. The van der Waals surface area contributed by atoms with Gasteiger partial charge in [-0.3, -0.25) is 0 Å². The monoisotopic (exact) mass is 267 g/mol. The zero-order valence-electron chi connectivity index (χ0n) is 10.7. The van der Waals surface area contributed by atoms with Gasteiger partial charge in [0.1, 0.15) is 0 Å². The van der Waals surface area contributed by atoms with E-state index in [-0.39, 0.29) is 0 Å². The largest absolute Gasteiger partial charge is 0.305 e. The fourth-order valence-electron chi connectivity index (χ4n) is 2.63. The first kappa shape index (κ1) is 13.1. The van der Waals surface area contributed by atoms with E-state index in [4.69, 9.17) is 11.1 Å². The molecule has 1 aliphatic rings. The van der Waals surface area contributed by atoms with Crippen molar-refractivity contribution in [3.63, 3.8) is 0 Å². The van der Waals surface area contributed by atoms with Crippen molar-refractivity contribution in [2.45, 2.75) is 32.6 Å². The minimum Gasteiger partial charge on any atom is -0.305 e. The molecule has 0 saturated carbocycles. The van der Waals surface area contributed by atoms with Crippen LogP contribution >= 0.6 is 11.1 Å². The van der Waals surface area contributed by atoms with Crippen LogP contribution in [0.2, 0.25) is 0 Å². The Morgan fingerprint density at radius 1 is 1.18 bits per heavy atom. The zero-order chi connectivity index (χ0) is 12.1. The van der Waals surface area contributed by atoms with Crippen LogP contribution in [0.1, 0.15) is 31.7 Å². The summed E-state index contributed by atoms with van der Waals surface area (Å²) >= 11 is 6.72. The third-order valence-electron chi connectivity index (χ3n) is 3.64. The average Bonchev–Trinajstić information content (AvgIpc) is 2.40. The van der Waals surface area contributed by atoms with Gasteiger partial charge in [-0.1, -0.05) is 37.6 Å². The Labute approximate surface area is 111 Å². The van der Waals surface area contributed by atoms with Gasteiger partial charge >= 0.3 is 0 Å². The number of hydrogen-bond acceptors (Lipinski definition) is 1. The molecule has 1 unspecified atom stereocenters. The summed E-state index contributed by atoms with van der Waals surface area (Å²) in [6.45, 7) is 4.73. The first-order chi connectivity index (χ1) is 8.31. The van der Waals surface area contributed by atoms with E-state index in [1.54, 1.807) is 0 Å². The van der Waals surface area contributed by atoms with Gasteiger partial charge in [0.25, 0.3) is 0 Å². The van der Waals surface area contributed by atoms with Crippen molar-refractivity contribution in [3.8, 4) is 0 Å². The molecule has 3 heteroatoms. The minimum atomic E-state index is -1.29. The zero-order valence-corrected chi connectivity index (χ0v) is 12.6. The molecule has 1 aromatic rings. The molecule has 0 N–H and O–H groups in total. The Kier molecular flexibility index (Phi) is 5.08. The Morgan fingerprint density at radius 3 is 2.59 bits per heavy atom. The second kappa shape index (κ2) is 6.57. The van der Waals surface area contributed by atoms with Gasteiger partial charge in [0.2, 0.25) is 0 Å². The summed E-state index contributed by atoms with van der Waals surface area (Å²) < 4.78 is 0. The number of halogens is 1. The topological polar surface area (TPSA) is 3.24 Å². The second-order valence-corrected chi connectivity index (χ2v) is 8.38. The standard InChI is InChI=1S/C14H22ClNSi/c1-2-13-8-4-5-9-14(13)17(15)12-16-10-6-3-7-11-16/h4-5,8-9,17H,2-3,6-7,10-12H2,1H3. The Bertz CT molecular complexity index is 350. The molecule has 2 rings (SSSR count). The van der Waals surface area contributed by atoms with Crippen LogP contribution in [0.3, 0.4) is 0 Å². The quantitative estimate of drug-likeness (QED) is 0.598. The molecule has 1 fully saturated rings. The number of hydrogen-bond donors (Lipinski definition) is 0. The van der Waals surface area contributed by atoms with Crippen molar-refractivity contribution in [2.24, 2.45) is 0 Å². The fourth-order valence-corrected chi connectivity index (χ4v) is 5.89. The van der Waals surface area contributed by atoms with Crippen molar-refractivity contribution in [3.05, 3.63) is 29.8 Å². The van der Waals surface area contributed by atoms with E-state index < -0.39 is 8.11 Å². The predicted molar refractivity (Wildman–Crippen MR) is 78.7 cm³/mol. The first-order valence-electron chi connectivity index (χ1n) is 6.75. The van der Waals surface area contributed by atoms with E-state index in [1.165, 1.54) is 43.1 Å². The summed E-state index contributed by atoms with van der Waals surface area (Å²) in [6, 6.07) is 8.73. The maximum Gasteiger partial charge on any atom is 0.185 e. The summed E-state index contributed by atoms with van der Waals surface area (Å²) in [7, 11) is -1.29. The van der Waals surface area contributed by atoms with E-state index in [0.717, 1.165) is 12.6 Å². The van der Waals surface area contributed by atoms with Gasteiger partial charge in [-0.2, -0.15) is 11.1 Å². The number of rotatable bonds is 4. The van der Waals surface area contributed by atoms with Gasteiger partial charge in [0.05, 0.1) is 0 Å². The lowest BCUT2D eigenvalue weighted by molar-refractivity contribution is 0.262. The van der Waals surface area contributed by atoms with Crippen LogP contribution in [-0.2, 0) is 6.42 Å². The molecule has 1 aliphatic heterocycles. The highest BCUT2D eigenvalue weighted by molar-refractivity contribution is 7.14. The van der Waals surface area contributed by atoms with Crippen molar-refractivity contribution in [1.82, 2.24) is 4.90 Å². The Balaban J connectivity index is 2.00. The Morgan fingerprint density at radius 2 is 1.88 bits per heavy atom. The maximum atomic E-state index is 6.72. The van der Waals surface area contributed by atoms with Gasteiger partial charge in [0.15, 0.2) is 8.11 Å². The minimum absolute atomic E-state index is 1.10. The summed E-state index contributed by atoms with van der Waals surface area (Å²) in [4.78, 5) is 2.57. The second-order valence-electron chi connectivity index (χ2n) is 4.88. The van der Waals surface area contributed by atoms with E-state index in [1.807, 2.05) is 0 Å². The molecule has 0 amide bonds. The highest BCUT2D eigenvalue weighted by Crippen LogP contribution is 2.10. The summed E-state index contributed by atoms with van der Waals surface area (Å²) in [5.74, 6) is 0. The van der Waals surface area contributed by atoms with Crippen molar-refractivity contribution in [1.29, 1.82) is 0 Å². The van der Waals surface area contributed by atoms with E-state index in [0.29, 0.717) is 0 Å². The highest BCUT2D eigenvalue weighted by atomic mass is 35.6. The molecule has 0 radical (unpaired) electrons. The van der Waals surface area contributed by atoms with E-state index in [9.17, 15) is 0 Å². The molecular formula is C14H22ClNSi. The smallest absolute Gasteiger partial charge is 0.185 e. The van der Waals surface area contributed by atoms with Gasteiger partial charge in [0, 0.05) is 6.17 Å². The molecule has 17 heavy (non-hydrogen) atoms.